The number of hydrogen-bond acceptors (Lipinski definition) is 2. The van der Waals surface area contributed by atoms with Crippen molar-refractivity contribution in [1.29, 1.82) is 5.26 Å². The highest BCUT2D eigenvalue weighted by molar-refractivity contribution is 6.89. The van der Waals surface area contributed by atoms with Crippen molar-refractivity contribution in [3.8, 4) is 18.4 Å². The van der Waals surface area contributed by atoms with Crippen LogP contribution in [0.15, 0.2) is 0 Å². The van der Waals surface area contributed by atoms with Gasteiger partial charge in [0.05, 0.1) is 12.1 Å². The van der Waals surface area contributed by atoms with Crippen LogP contribution in [0.5, 0.6) is 0 Å². The lowest BCUT2D eigenvalue weighted by Crippen LogP contribution is -2.62. The molecule has 0 saturated carbocycles. The first-order valence-electron chi connectivity index (χ1n) is 5.27. The summed E-state index contributed by atoms with van der Waals surface area (Å²) < 4.78 is 2.46. The van der Waals surface area contributed by atoms with E-state index in [1.54, 1.807) is 0 Å². The Morgan fingerprint density at radius 2 is 1.53 bits per heavy atom. The standard InChI is InChI=1S/C11H22N2Si2/c1-8-9-11(10-12)13(14(2,3)4)15(5,6)7/h1,11H,9H2,2-7H3. The fourth-order valence-electron chi connectivity index (χ4n) is 2.25. The Bertz CT molecular complexity index is 272. The van der Waals surface area contributed by atoms with Gasteiger partial charge in [-0.2, -0.15) is 5.26 Å². The van der Waals surface area contributed by atoms with Gasteiger partial charge in [-0.1, -0.05) is 39.3 Å². The minimum Gasteiger partial charge on any atom is -0.330 e. The monoisotopic (exact) mass is 238 g/mol. The Kier molecular flexibility index (Phi) is 4.80. The SMILES string of the molecule is C#CCC(C#N)N([Si](C)(C)C)[Si](C)(C)C. The Morgan fingerprint density at radius 3 is 1.73 bits per heavy atom. The number of rotatable bonds is 4. The molecular formula is C11H22N2Si2. The Hall–Kier alpha value is -0.556. The van der Waals surface area contributed by atoms with Gasteiger partial charge in [0.2, 0.25) is 0 Å². The maximum Gasteiger partial charge on any atom is 0.113 e. The zero-order valence-electron chi connectivity index (χ0n) is 10.8. The van der Waals surface area contributed by atoms with E-state index in [-0.39, 0.29) is 6.04 Å². The van der Waals surface area contributed by atoms with E-state index < -0.39 is 16.5 Å². The highest BCUT2D eigenvalue weighted by Crippen LogP contribution is 2.24. The molecule has 0 aromatic carbocycles. The molecule has 0 aromatic rings. The molecule has 0 saturated heterocycles. The van der Waals surface area contributed by atoms with Crippen molar-refractivity contribution < 1.29 is 0 Å². The van der Waals surface area contributed by atoms with Crippen LogP contribution in [0.4, 0.5) is 0 Å². The van der Waals surface area contributed by atoms with Gasteiger partial charge >= 0.3 is 0 Å². The van der Waals surface area contributed by atoms with Gasteiger partial charge < -0.3 is 4.23 Å². The van der Waals surface area contributed by atoms with E-state index in [2.05, 4.69) is 55.5 Å². The van der Waals surface area contributed by atoms with Crippen LogP contribution >= 0.6 is 0 Å². The summed E-state index contributed by atoms with van der Waals surface area (Å²) in [6.45, 7) is 13.7. The molecule has 2 nitrogen and oxygen atoms in total. The predicted octanol–water partition coefficient (Wildman–Crippen LogP) is 2.87. The highest BCUT2D eigenvalue weighted by Gasteiger charge is 2.39. The quantitative estimate of drug-likeness (QED) is 0.556. The first-order chi connectivity index (χ1) is 6.64. The molecule has 84 valence electrons. The lowest BCUT2D eigenvalue weighted by molar-refractivity contribution is 0.533. The molecule has 0 amide bonds. The van der Waals surface area contributed by atoms with Gasteiger partial charge in [-0.15, -0.1) is 12.3 Å². The second-order valence-corrected chi connectivity index (χ2v) is 15.9. The topological polar surface area (TPSA) is 27.0 Å². The minimum atomic E-state index is -1.47. The third kappa shape index (κ3) is 4.21. The molecule has 0 heterocycles. The molecule has 0 aliphatic rings. The fraction of sp³-hybridized carbons (Fsp3) is 0.727. The van der Waals surface area contributed by atoms with Gasteiger partial charge in [0, 0.05) is 6.42 Å². The normalized spacial score (nSPS) is 14.5. The van der Waals surface area contributed by atoms with Crippen molar-refractivity contribution in [2.45, 2.75) is 51.7 Å². The van der Waals surface area contributed by atoms with Crippen LogP contribution in [0.2, 0.25) is 39.3 Å². The van der Waals surface area contributed by atoms with E-state index in [9.17, 15) is 5.26 Å². The van der Waals surface area contributed by atoms with Crippen LogP contribution in [0.25, 0.3) is 0 Å². The summed E-state index contributed by atoms with van der Waals surface area (Å²) >= 11 is 0. The van der Waals surface area contributed by atoms with Gasteiger partial charge in [0.15, 0.2) is 0 Å². The third-order valence-corrected chi connectivity index (χ3v) is 9.76. The largest absolute Gasteiger partial charge is 0.330 e. The molecule has 0 bridgehead atoms. The first-order valence-corrected chi connectivity index (χ1v) is 12.2. The van der Waals surface area contributed by atoms with E-state index in [0.29, 0.717) is 6.42 Å². The van der Waals surface area contributed by atoms with Gasteiger partial charge in [0.1, 0.15) is 16.5 Å². The summed E-state index contributed by atoms with van der Waals surface area (Å²) in [5, 5.41) is 9.21. The smallest absolute Gasteiger partial charge is 0.113 e. The van der Waals surface area contributed by atoms with E-state index in [0.717, 1.165) is 0 Å². The molecule has 15 heavy (non-hydrogen) atoms. The molecule has 1 atom stereocenters. The number of terminal acetylenes is 1. The van der Waals surface area contributed by atoms with Crippen molar-refractivity contribution in [3.05, 3.63) is 0 Å². The van der Waals surface area contributed by atoms with Crippen LogP contribution in [0.3, 0.4) is 0 Å². The molecule has 0 N–H and O–H groups in total. The van der Waals surface area contributed by atoms with E-state index in [4.69, 9.17) is 6.42 Å². The molecule has 1 unspecified atom stereocenters. The average Bonchev–Trinajstić information content (AvgIpc) is 1.98. The molecule has 0 rings (SSSR count). The maximum absolute atomic E-state index is 9.21. The van der Waals surface area contributed by atoms with Crippen LogP contribution in [-0.4, -0.2) is 26.7 Å². The van der Waals surface area contributed by atoms with Gasteiger partial charge in [0.25, 0.3) is 0 Å². The Morgan fingerprint density at radius 1 is 1.13 bits per heavy atom. The van der Waals surface area contributed by atoms with E-state index in [1.807, 2.05) is 0 Å². The zero-order valence-corrected chi connectivity index (χ0v) is 12.8. The fourth-order valence-corrected chi connectivity index (χ4v) is 12.5. The van der Waals surface area contributed by atoms with Gasteiger partial charge in [-0.3, -0.25) is 0 Å². The molecule has 0 aliphatic heterocycles. The van der Waals surface area contributed by atoms with Crippen LogP contribution in [-0.2, 0) is 0 Å². The predicted molar refractivity (Wildman–Crippen MR) is 71.4 cm³/mol. The highest BCUT2D eigenvalue weighted by atomic mass is 28.4. The van der Waals surface area contributed by atoms with Crippen LogP contribution in [0, 0.1) is 23.7 Å². The molecule has 0 aromatic heterocycles. The van der Waals surface area contributed by atoms with Crippen molar-refractivity contribution in [1.82, 2.24) is 4.23 Å². The first kappa shape index (κ1) is 14.4. The van der Waals surface area contributed by atoms with Gasteiger partial charge in [-0.25, -0.2) is 0 Å². The number of hydrogen-bond donors (Lipinski definition) is 0. The van der Waals surface area contributed by atoms with E-state index in [1.165, 1.54) is 0 Å². The third-order valence-electron chi connectivity index (χ3n) is 2.22. The molecule has 4 heteroatoms. The average molecular weight is 238 g/mol. The Labute approximate surface area is 96.5 Å². The maximum atomic E-state index is 9.21. The van der Waals surface area contributed by atoms with Crippen LogP contribution < -0.4 is 0 Å². The zero-order chi connectivity index (χ0) is 12.3. The molecule has 0 radical (unpaired) electrons. The lowest BCUT2D eigenvalue weighted by Gasteiger charge is -2.45. The number of nitriles is 1. The van der Waals surface area contributed by atoms with Gasteiger partial charge in [-0.05, 0) is 0 Å². The van der Waals surface area contributed by atoms with Crippen molar-refractivity contribution in [2.24, 2.45) is 0 Å². The number of nitrogens with zero attached hydrogens (tertiary/aromatic N) is 2. The molecule has 0 spiro atoms. The van der Waals surface area contributed by atoms with Crippen molar-refractivity contribution >= 4 is 16.5 Å². The second-order valence-electron chi connectivity index (χ2n) is 5.76. The lowest BCUT2D eigenvalue weighted by atomic mass is 10.3. The molecule has 0 aliphatic carbocycles. The molecule has 0 fully saturated rings. The van der Waals surface area contributed by atoms with Crippen molar-refractivity contribution in [3.63, 3.8) is 0 Å². The van der Waals surface area contributed by atoms with Crippen LogP contribution in [0.1, 0.15) is 6.42 Å². The summed E-state index contributed by atoms with van der Waals surface area (Å²) in [5.41, 5.74) is 0. The summed E-state index contributed by atoms with van der Waals surface area (Å²) in [4.78, 5) is 0. The van der Waals surface area contributed by atoms with E-state index >= 15 is 0 Å². The Balaban J connectivity index is 5.14. The minimum absolute atomic E-state index is 0.0895. The second kappa shape index (κ2) is 4.98. The summed E-state index contributed by atoms with van der Waals surface area (Å²) in [5.74, 6) is 2.62. The summed E-state index contributed by atoms with van der Waals surface area (Å²) in [6.07, 6.45) is 5.88. The van der Waals surface area contributed by atoms with Crippen molar-refractivity contribution in [2.75, 3.05) is 0 Å². The summed E-state index contributed by atoms with van der Waals surface area (Å²) in [7, 11) is -2.93. The molecular weight excluding hydrogens is 216 g/mol. The summed E-state index contributed by atoms with van der Waals surface area (Å²) in [6, 6.07) is 2.28.